The number of halogens is 1. The van der Waals surface area contributed by atoms with Crippen molar-refractivity contribution in [3.8, 4) is 0 Å². The molecule has 0 spiro atoms. The van der Waals surface area contributed by atoms with Gasteiger partial charge in [-0.2, -0.15) is 10.1 Å². The minimum atomic E-state index is 0.542. The number of nitrogens with zero attached hydrogens (tertiary/aromatic N) is 3. The van der Waals surface area contributed by atoms with Crippen LogP contribution in [0.15, 0.2) is 30.5 Å². The molecule has 5 nitrogen and oxygen atoms in total. The van der Waals surface area contributed by atoms with Crippen molar-refractivity contribution < 1.29 is 0 Å². The van der Waals surface area contributed by atoms with Crippen LogP contribution in [0.2, 0.25) is 5.02 Å². The summed E-state index contributed by atoms with van der Waals surface area (Å²) in [6.45, 7) is 3.04. The van der Waals surface area contributed by atoms with Crippen LogP contribution < -0.4 is 10.6 Å². The van der Waals surface area contributed by atoms with E-state index in [2.05, 4.69) is 32.7 Å². The molecule has 0 atom stereocenters. The molecule has 0 saturated carbocycles. The van der Waals surface area contributed by atoms with Crippen LogP contribution in [0.4, 0.5) is 17.5 Å². The van der Waals surface area contributed by atoms with Crippen molar-refractivity contribution in [3.05, 3.63) is 35.5 Å². The zero-order chi connectivity index (χ0) is 14.2. The van der Waals surface area contributed by atoms with Crippen LogP contribution >= 0.6 is 11.6 Å². The summed E-state index contributed by atoms with van der Waals surface area (Å²) in [6, 6.07) is 7.42. The fraction of sp³-hybridized carbons (Fsp3) is 0.357. The lowest BCUT2D eigenvalue weighted by Crippen LogP contribution is -2.07. The molecular formula is C14H18ClN5. The van der Waals surface area contributed by atoms with Crippen molar-refractivity contribution in [3.63, 3.8) is 0 Å². The Morgan fingerprint density at radius 2 is 1.95 bits per heavy atom. The Balaban J connectivity index is 1.93. The average molecular weight is 292 g/mol. The van der Waals surface area contributed by atoms with Crippen molar-refractivity contribution in [2.24, 2.45) is 0 Å². The normalized spacial score (nSPS) is 10.3. The van der Waals surface area contributed by atoms with Crippen LogP contribution in [0.3, 0.4) is 0 Å². The predicted octanol–water partition coefficient (Wildman–Crippen LogP) is 3.87. The molecule has 0 fully saturated rings. The molecule has 0 radical (unpaired) electrons. The van der Waals surface area contributed by atoms with Gasteiger partial charge in [0.05, 0.1) is 6.20 Å². The van der Waals surface area contributed by atoms with E-state index in [4.69, 9.17) is 11.6 Å². The number of hydrogen-bond donors (Lipinski definition) is 2. The van der Waals surface area contributed by atoms with Crippen molar-refractivity contribution in [1.82, 2.24) is 15.2 Å². The Morgan fingerprint density at radius 3 is 2.70 bits per heavy atom. The second-order valence-electron chi connectivity index (χ2n) is 4.43. The first-order chi connectivity index (χ1) is 9.78. The van der Waals surface area contributed by atoms with Gasteiger partial charge in [-0.05, 0) is 30.7 Å². The maximum atomic E-state index is 5.85. The van der Waals surface area contributed by atoms with Crippen LogP contribution in [0.1, 0.15) is 26.2 Å². The van der Waals surface area contributed by atoms with Gasteiger partial charge in [0.25, 0.3) is 0 Å². The van der Waals surface area contributed by atoms with Gasteiger partial charge in [0.15, 0.2) is 5.82 Å². The molecule has 0 aliphatic rings. The van der Waals surface area contributed by atoms with E-state index >= 15 is 0 Å². The first kappa shape index (κ1) is 14.5. The van der Waals surface area contributed by atoms with Crippen molar-refractivity contribution in [2.75, 3.05) is 17.2 Å². The lowest BCUT2D eigenvalue weighted by molar-refractivity contribution is 0.738. The third-order valence-electron chi connectivity index (χ3n) is 2.74. The second kappa shape index (κ2) is 7.65. The standard InChI is InChI=1S/C14H18ClN5/c1-2-3-4-9-16-14-19-13(10-17-20-14)18-12-7-5-11(15)6-8-12/h5-8,10H,2-4,9H2,1H3,(H2,16,18,19,20). The molecule has 1 aromatic heterocycles. The highest BCUT2D eigenvalue weighted by atomic mass is 35.5. The molecule has 0 unspecified atom stereocenters. The van der Waals surface area contributed by atoms with Gasteiger partial charge < -0.3 is 10.6 Å². The van der Waals surface area contributed by atoms with E-state index in [1.165, 1.54) is 12.8 Å². The van der Waals surface area contributed by atoms with Crippen molar-refractivity contribution in [1.29, 1.82) is 0 Å². The SMILES string of the molecule is CCCCCNc1nncc(Nc2ccc(Cl)cc2)n1. The summed E-state index contributed by atoms with van der Waals surface area (Å²) in [5.74, 6) is 1.19. The summed E-state index contributed by atoms with van der Waals surface area (Å²) >= 11 is 5.85. The number of aromatic nitrogens is 3. The van der Waals surface area contributed by atoms with Gasteiger partial charge in [-0.25, -0.2) is 0 Å². The van der Waals surface area contributed by atoms with Gasteiger partial charge >= 0.3 is 0 Å². The van der Waals surface area contributed by atoms with Gasteiger partial charge in [-0.15, -0.1) is 5.10 Å². The Kier molecular flexibility index (Phi) is 5.55. The highest BCUT2D eigenvalue weighted by Gasteiger charge is 2.01. The Morgan fingerprint density at radius 1 is 1.15 bits per heavy atom. The molecule has 2 aromatic rings. The van der Waals surface area contributed by atoms with E-state index in [0.29, 0.717) is 16.8 Å². The molecule has 0 saturated heterocycles. The molecule has 0 bridgehead atoms. The smallest absolute Gasteiger partial charge is 0.244 e. The van der Waals surface area contributed by atoms with E-state index in [-0.39, 0.29) is 0 Å². The molecule has 0 aliphatic heterocycles. The largest absolute Gasteiger partial charge is 0.353 e. The molecule has 2 N–H and O–H groups in total. The molecule has 1 heterocycles. The highest BCUT2D eigenvalue weighted by molar-refractivity contribution is 6.30. The predicted molar refractivity (Wildman–Crippen MR) is 82.6 cm³/mol. The molecule has 20 heavy (non-hydrogen) atoms. The maximum absolute atomic E-state index is 5.85. The summed E-state index contributed by atoms with van der Waals surface area (Å²) in [4.78, 5) is 4.36. The molecule has 1 aromatic carbocycles. The summed E-state index contributed by atoms with van der Waals surface area (Å²) < 4.78 is 0. The van der Waals surface area contributed by atoms with E-state index in [1.54, 1.807) is 6.20 Å². The lowest BCUT2D eigenvalue weighted by Gasteiger charge is -2.07. The lowest BCUT2D eigenvalue weighted by atomic mass is 10.2. The minimum absolute atomic E-state index is 0.542. The van der Waals surface area contributed by atoms with E-state index in [9.17, 15) is 0 Å². The van der Waals surface area contributed by atoms with Crippen LogP contribution in [0, 0.1) is 0 Å². The summed E-state index contributed by atoms with van der Waals surface area (Å²) in [5.41, 5.74) is 0.909. The third-order valence-corrected chi connectivity index (χ3v) is 2.99. The van der Waals surface area contributed by atoms with Crippen LogP contribution in [-0.4, -0.2) is 21.7 Å². The fourth-order valence-electron chi connectivity index (χ4n) is 1.69. The molecule has 6 heteroatoms. The van der Waals surface area contributed by atoms with Gasteiger partial charge in [0.1, 0.15) is 0 Å². The number of hydrogen-bond acceptors (Lipinski definition) is 5. The summed E-state index contributed by atoms with van der Waals surface area (Å²) in [6.07, 6.45) is 5.09. The van der Waals surface area contributed by atoms with Crippen LogP contribution in [0.5, 0.6) is 0 Å². The van der Waals surface area contributed by atoms with Crippen molar-refractivity contribution >= 4 is 29.1 Å². The van der Waals surface area contributed by atoms with Crippen LogP contribution in [-0.2, 0) is 0 Å². The highest BCUT2D eigenvalue weighted by Crippen LogP contribution is 2.17. The van der Waals surface area contributed by atoms with Gasteiger partial charge in [0, 0.05) is 17.3 Å². The molecule has 0 amide bonds. The Bertz CT molecular complexity index is 529. The number of nitrogens with one attached hydrogen (secondary N) is 2. The second-order valence-corrected chi connectivity index (χ2v) is 4.87. The third kappa shape index (κ3) is 4.66. The topological polar surface area (TPSA) is 62.7 Å². The molecular weight excluding hydrogens is 274 g/mol. The van der Waals surface area contributed by atoms with E-state index in [0.717, 1.165) is 18.7 Å². The Hall–Kier alpha value is -1.88. The average Bonchev–Trinajstić information content (AvgIpc) is 2.47. The summed E-state index contributed by atoms with van der Waals surface area (Å²) in [7, 11) is 0. The van der Waals surface area contributed by atoms with Crippen molar-refractivity contribution in [2.45, 2.75) is 26.2 Å². The number of unbranched alkanes of at least 4 members (excludes halogenated alkanes) is 2. The van der Waals surface area contributed by atoms with E-state index < -0.39 is 0 Å². The van der Waals surface area contributed by atoms with Crippen LogP contribution in [0.25, 0.3) is 0 Å². The molecule has 2 rings (SSSR count). The fourth-order valence-corrected chi connectivity index (χ4v) is 1.82. The zero-order valence-electron chi connectivity index (χ0n) is 11.4. The van der Waals surface area contributed by atoms with E-state index in [1.807, 2.05) is 24.3 Å². The number of benzene rings is 1. The quantitative estimate of drug-likeness (QED) is 0.758. The van der Waals surface area contributed by atoms with Gasteiger partial charge in [-0.1, -0.05) is 31.4 Å². The minimum Gasteiger partial charge on any atom is -0.353 e. The monoisotopic (exact) mass is 291 g/mol. The first-order valence-corrected chi connectivity index (χ1v) is 7.12. The first-order valence-electron chi connectivity index (χ1n) is 6.74. The number of anilines is 3. The maximum Gasteiger partial charge on any atom is 0.244 e. The van der Waals surface area contributed by atoms with Gasteiger partial charge in [0.2, 0.25) is 5.95 Å². The summed E-state index contributed by atoms with van der Waals surface area (Å²) in [5, 5.41) is 14.9. The Labute approximate surface area is 123 Å². The zero-order valence-corrected chi connectivity index (χ0v) is 12.2. The van der Waals surface area contributed by atoms with Gasteiger partial charge in [-0.3, -0.25) is 0 Å². The number of rotatable bonds is 7. The molecule has 106 valence electrons. The molecule has 0 aliphatic carbocycles.